The third kappa shape index (κ3) is 2.99. The molecule has 6 heteroatoms. The first-order valence-electron chi connectivity index (χ1n) is 8.62. The molecule has 0 spiro atoms. The van der Waals surface area contributed by atoms with Crippen molar-refractivity contribution < 1.29 is 4.79 Å². The molecule has 0 saturated carbocycles. The Kier molecular flexibility index (Phi) is 4.39. The van der Waals surface area contributed by atoms with Crippen molar-refractivity contribution in [3.8, 4) is 0 Å². The van der Waals surface area contributed by atoms with Crippen molar-refractivity contribution in [3.05, 3.63) is 46.7 Å². The van der Waals surface area contributed by atoms with E-state index in [9.17, 15) is 4.79 Å². The Balaban J connectivity index is 1.40. The number of hydrogen-bond acceptors (Lipinski definition) is 3. The van der Waals surface area contributed by atoms with Crippen molar-refractivity contribution in [1.82, 2.24) is 19.9 Å². The van der Waals surface area contributed by atoms with Gasteiger partial charge in [-0.2, -0.15) is 15.0 Å². The van der Waals surface area contributed by atoms with E-state index >= 15 is 0 Å². The minimum atomic E-state index is 0.296. The Hall–Kier alpha value is -1.69. The fourth-order valence-electron chi connectivity index (χ4n) is 4.23. The zero-order valence-corrected chi connectivity index (χ0v) is 15.1. The molecule has 1 aromatic carbocycles. The Bertz CT molecular complexity index is 704. The summed E-state index contributed by atoms with van der Waals surface area (Å²) in [6.07, 6.45) is 9.03. The van der Waals surface area contributed by atoms with Crippen LogP contribution in [-0.4, -0.2) is 37.9 Å². The van der Waals surface area contributed by atoms with Crippen LogP contribution in [0.1, 0.15) is 43.7 Å². The normalized spacial score (nSPS) is 25.9. The summed E-state index contributed by atoms with van der Waals surface area (Å²) >= 11 is 3.57. The second kappa shape index (κ2) is 6.67. The highest BCUT2D eigenvalue weighted by molar-refractivity contribution is 9.10. The van der Waals surface area contributed by atoms with Gasteiger partial charge in [0.05, 0.1) is 18.4 Å². The van der Waals surface area contributed by atoms with Crippen LogP contribution in [0.2, 0.25) is 0 Å². The lowest BCUT2D eigenvalue weighted by Crippen LogP contribution is -2.47. The average molecular weight is 389 g/mol. The summed E-state index contributed by atoms with van der Waals surface area (Å²) in [4.78, 5) is 16.8. The standard InChI is InChI=1S/C18H21BrN4O/c19-17-4-2-1-3-13(17)5-8-18(24)22-14-6-7-15(22)12-16(11-14)23-20-9-10-21-23/h1-4,9-10,14-16H,5-8,11-12H2/t14-,15-/m0/s1. The monoisotopic (exact) mass is 388 g/mol. The summed E-state index contributed by atoms with van der Waals surface area (Å²) in [6, 6.07) is 9.19. The molecule has 2 atom stereocenters. The van der Waals surface area contributed by atoms with E-state index in [-0.39, 0.29) is 0 Å². The molecule has 0 N–H and O–H groups in total. The quantitative estimate of drug-likeness (QED) is 0.806. The van der Waals surface area contributed by atoms with Gasteiger partial charge in [0, 0.05) is 23.0 Å². The van der Waals surface area contributed by atoms with E-state index in [4.69, 9.17) is 0 Å². The number of carbonyl (C=O) groups excluding carboxylic acids is 1. The van der Waals surface area contributed by atoms with Crippen LogP contribution >= 0.6 is 15.9 Å². The maximum Gasteiger partial charge on any atom is 0.223 e. The van der Waals surface area contributed by atoms with Gasteiger partial charge in [0.2, 0.25) is 5.91 Å². The van der Waals surface area contributed by atoms with E-state index in [1.54, 1.807) is 12.4 Å². The number of fused-ring (bicyclic) bond motifs is 2. The fourth-order valence-corrected chi connectivity index (χ4v) is 4.71. The van der Waals surface area contributed by atoms with Crippen LogP contribution in [0, 0.1) is 0 Å². The second-order valence-corrected chi connectivity index (χ2v) is 7.61. The molecule has 0 aliphatic carbocycles. The number of halogens is 1. The number of piperidine rings is 1. The molecule has 2 bridgehead atoms. The van der Waals surface area contributed by atoms with E-state index in [0.717, 1.165) is 36.6 Å². The number of rotatable bonds is 4. The number of amides is 1. The van der Waals surface area contributed by atoms with E-state index in [2.05, 4.69) is 37.1 Å². The van der Waals surface area contributed by atoms with Gasteiger partial charge in [-0.25, -0.2) is 0 Å². The molecular formula is C18H21BrN4O. The van der Waals surface area contributed by atoms with Crippen LogP contribution in [0.3, 0.4) is 0 Å². The first kappa shape index (κ1) is 15.8. The predicted molar refractivity (Wildman–Crippen MR) is 94.4 cm³/mol. The third-order valence-corrected chi connectivity index (χ3v) is 6.10. The molecule has 0 radical (unpaired) electrons. The van der Waals surface area contributed by atoms with Crippen molar-refractivity contribution in [1.29, 1.82) is 0 Å². The van der Waals surface area contributed by atoms with E-state index in [0.29, 0.717) is 30.5 Å². The van der Waals surface area contributed by atoms with Gasteiger partial charge >= 0.3 is 0 Å². The van der Waals surface area contributed by atoms with Gasteiger partial charge in [-0.1, -0.05) is 34.1 Å². The molecule has 2 fully saturated rings. The van der Waals surface area contributed by atoms with Crippen LogP contribution in [0.15, 0.2) is 41.1 Å². The molecule has 2 aliphatic heterocycles. The molecule has 1 amide bonds. The molecular weight excluding hydrogens is 368 g/mol. The zero-order valence-electron chi connectivity index (χ0n) is 13.5. The lowest BCUT2D eigenvalue weighted by Gasteiger charge is -2.38. The van der Waals surface area contributed by atoms with Crippen molar-refractivity contribution >= 4 is 21.8 Å². The number of aromatic nitrogens is 3. The van der Waals surface area contributed by atoms with Gasteiger partial charge in [0.1, 0.15) is 0 Å². The lowest BCUT2D eigenvalue weighted by atomic mass is 9.97. The minimum absolute atomic E-state index is 0.296. The SMILES string of the molecule is O=C(CCc1ccccc1Br)N1[C@H]2CC[C@H]1CC(n1nccn1)C2. The van der Waals surface area contributed by atoms with Crippen LogP contribution in [-0.2, 0) is 11.2 Å². The Morgan fingerprint density at radius 3 is 2.42 bits per heavy atom. The van der Waals surface area contributed by atoms with Crippen LogP contribution in [0.4, 0.5) is 0 Å². The second-order valence-electron chi connectivity index (χ2n) is 6.75. The Morgan fingerprint density at radius 2 is 1.75 bits per heavy atom. The molecule has 2 aromatic rings. The summed E-state index contributed by atoms with van der Waals surface area (Å²) in [5, 5.41) is 8.58. The number of benzene rings is 1. The van der Waals surface area contributed by atoms with E-state index < -0.39 is 0 Å². The van der Waals surface area contributed by atoms with Gasteiger partial charge in [0.15, 0.2) is 0 Å². The number of carbonyl (C=O) groups is 1. The lowest BCUT2D eigenvalue weighted by molar-refractivity contribution is -0.136. The molecule has 2 saturated heterocycles. The summed E-state index contributed by atoms with van der Waals surface area (Å²) in [6.45, 7) is 0. The van der Waals surface area contributed by atoms with Crippen molar-refractivity contribution in [3.63, 3.8) is 0 Å². The van der Waals surface area contributed by atoms with Crippen molar-refractivity contribution in [2.45, 2.75) is 56.7 Å². The maximum absolute atomic E-state index is 12.8. The molecule has 126 valence electrons. The number of nitrogens with zero attached hydrogens (tertiary/aromatic N) is 4. The first-order valence-corrected chi connectivity index (χ1v) is 9.42. The highest BCUT2D eigenvalue weighted by Crippen LogP contribution is 2.40. The molecule has 3 heterocycles. The van der Waals surface area contributed by atoms with Gasteiger partial charge in [-0.3, -0.25) is 4.79 Å². The third-order valence-electron chi connectivity index (χ3n) is 5.33. The minimum Gasteiger partial charge on any atom is -0.337 e. The van der Waals surface area contributed by atoms with Gasteiger partial charge in [-0.15, -0.1) is 0 Å². The zero-order chi connectivity index (χ0) is 16.5. The van der Waals surface area contributed by atoms with Crippen molar-refractivity contribution in [2.75, 3.05) is 0 Å². The van der Waals surface area contributed by atoms with E-state index in [1.165, 1.54) is 5.56 Å². The topological polar surface area (TPSA) is 51.0 Å². The predicted octanol–water partition coefficient (Wildman–Crippen LogP) is 3.37. The van der Waals surface area contributed by atoms with Gasteiger partial charge in [-0.05, 0) is 43.7 Å². The summed E-state index contributed by atoms with van der Waals surface area (Å²) in [7, 11) is 0. The van der Waals surface area contributed by atoms with Gasteiger partial charge in [0.25, 0.3) is 0 Å². The highest BCUT2D eigenvalue weighted by atomic mass is 79.9. The van der Waals surface area contributed by atoms with Crippen LogP contribution < -0.4 is 0 Å². The highest BCUT2D eigenvalue weighted by Gasteiger charge is 2.43. The molecule has 5 nitrogen and oxygen atoms in total. The number of aryl methyl sites for hydroxylation is 1. The summed E-state index contributed by atoms with van der Waals surface area (Å²) in [5.74, 6) is 0.296. The average Bonchev–Trinajstić information content (AvgIpc) is 3.21. The first-order chi connectivity index (χ1) is 11.7. The van der Waals surface area contributed by atoms with E-state index in [1.807, 2.05) is 23.0 Å². The molecule has 24 heavy (non-hydrogen) atoms. The largest absolute Gasteiger partial charge is 0.337 e. The van der Waals surface area contributed by atoms with Crippen LogP contribution in [0.25, 0.3) is 0 Å². The molecule has 4 rings (SSSR count). The maximum atomic E-state index is 12.8. The fraction of sp³-hybridized carbons (Fsp3) is 0.500. The Labute approximate surface area is 150 Å². The number of hydrogen-bond donors (Lipinski definition) is 0. The summed E-state index contributed by atoms with van der Waals surface area (Å²) in [5.41, 5.74) is 1.20. The van der Waals surface area contributed by atoms with Gasteiger partial charge < -0.3 is 4.90 Å². The Morgan fingerprint density at radius 1 is 1.08 bits per heavy atom. The smallest absolute Gasteiger partial charge is 0.223 e. The molecule has 2 aliphatic rings. The molecule has 1 aromatic heterocycles. The summed E-state index contributed by atoms with van der Waals surface area (Å²) < 4.78 is 1.09. The van der Waals surface area contributed by atoms with Crippen molar-refractivity contribution in [2.24, 2.45) is 0 Å². The van der Waals surface area contributed by atoms with Crippen LogP contribution in [0.5, 0.6) is 0 Å². The molecule has 0 unspecified atom stereocenters.